The monoisotopic (exact) mass is 599 g/mol. The van der Waals surface area contributed by atoms with Gasteiger partial charge in [-0.15, -0.1) is 0 Å². The van der Waals surface area contributed by atoms with E-state index in [1.165, 1.54) is 6.08 Å². The maximum Gasteiger partial charge on any atom is 0.412 e. The molecule has 3 aromatic carbocycles. The predicted octanol–water partition coefficient (Wildman–Crippen LogP) is 6.79. The van der Waals surface area contributed by atoms with Crippen molar-refractivity contribution in [3.63, 3.8) is 0 Å². The minimum atomic E-state index is -0.684. The first-order valence-corrected chi connectivity index (χ1v) is 12.7. The summed E-state index contributed by atoms with van der Waals surface area (Å²) in [5.41, 5.74) is 9.16. The lowest BCUT2D eigenvalue weighted by molar-refractivity contribution is -0.111. The van der Waals surface area contributed by atoms with Gasteiger partial charge in [0.15, 0.2) is 0 Å². The van der Waals surface area contributed by atoms with Crippen LogP contribution in [0.15, 0.2) is 78.9 Å². The number of amides is 2. The van der Waals surface area contributed by atoms with Gasteiger partial charge in [-0.25, -0.2) is 4.79 Å². The number of rotatable bonds is 9. The largest absolute Gasteiger partial charge is 0.508 e. The van der Waals surface area contributed by atoms with Gasteiger partial charge in [-0.2, -0.15) is 0 Å². The lowest BCUT2D eigenvalue weighted by atomic mass is 9.92. The van der Waals surface area contributed by atoms with Gasteiger partial charge in [0.1, 0.15) is 11.9 Å². The number of aromatic hydroxyl groups is 1. The Morgan fingerprint density at radius 1 is 1.08 bits per heavy atom. The van der Waals surface area contributed by atoms with Gasteiger partial charge in [0.25, 0.3) is 0 Å². The van der Waals surface area contributed by atoms with Gasteiger partial charge in [0.05, 0.1) is 11.4 Å². The molecule has 5 N–H and O–H groups in total. The Morgan fingerprint density at radius 3 is 2.53 bits per heavy atom. The molecule has 188 valence electrons. The number of hydrogen-bond donors (Lipinski definition) is 4. The second kappa shape index (κ2) is 13.0. The number of para-hydroxylation sites is 2. The van der Waals surface area contributed by atoms with Crippen molar-refractivity contribution in [2.24, 2.45) is 5.92 Å². The minimum Gasteiger partial charge on any atom is -0.508 e. The van der Waals surface area contributed by atoms with Gasteiger partial charge in [0, 0.05) is 14.8 Å². The smallest absolute Gasteiger partial charge is 0.412 e. The molecule has 0 aromatic heterocycles. The Kier molecular flexibility index (Phi) is 9.75. The van der Waals surface area contributed by atoms with Crippen molar-refractivity contribution in [3.8, 4) is 5.75 Å². The number of phenolic OH excluding ortho intramolecular Hbond substituents is 1. The van der Waals surface area contributed by atoms with Crippen molar-refractivity contribution in [1.29, 1.82) is 0 Å². The summed E-state index contributed by atoms with van der Waals surface area (Å²) in [5.74, 6) is -0.359. The lowest BCUT2D eigenvalue weighted by Crippen LogP contribution is -2.22. The molecule has 2 amide bonds. The molecule has 0 fully saturated rings. The van der Waals surface area contributed by atoms with Crippen molar-refractivity contribution < 1.29 is 19.4 Å². The maximum atomic E-state index is 12.7. The molecule has 3 aromatic rings. The molecule has 0 saturated carbocycles. The van der Waals surface area contributed by atoms with Crippen LogP contribution >= 0.6 is 22.6 Å². The molecule has 0 saturated heterocycles. The number of phenols is 1. The Balaban J connectivity index is 1.65. The zero-order valence-electron chi connectivity index (χ0n) is 20.2. The predicted molar refractivity (Wildman–Crippen MR) is 152 cm³/mol. The fourth-order valence-corrected chi connectivity index (χ4v) is 4.14. The number of aryl methyl sites for hydroxylation is 1. The number of anilines is 3. The number of hydrogen-bond acceptors (Lipinski definition) is 5. The topological polar surface area (TPSA) is 114 Å². The highest BCUT2D eigenvalue weighted by atomic mass is 127. The first-order chi connectivity index (χ1) is 17.2. The first-order valence-electron chi connectivity index (χ1n) is 11.6. The molecule has 0 radical (unpaired) electrons. The number of nitrogen functional groups attached to an aromatic ring is 1. The molecule has 0 aliphatic carbocycles. The maximum absolute atomic E-state index is 12.7. The third-order valence-electron chi connectivity index (χ3n) is 5.62. The molecule has 0 bridgehead atoms. The molecule has 7 nitrogen and oxygen atoms in total. The van der Waals surface area contributed by atoms with Crippen LogP contribution in [0.1, 0.15) is 37.0 Å². The summed E-state index contributed by atoms with van der Waals surface area (Å²) in [4.78, 5) is 24.9. The summed E-state index contributed by atoms with van der Waals surface area (Å²) in [6.07, 6.45) is 3.12. The number of allylic oxidation sites excluding steroid dienone is 1. The van der Waals surface area contributed by atoms with Crippen LogP contribution in [0.2, 0.25) is 0 Å². The fourth-order valence-electron chi connectivity index (χ4n) is 3.63. The molecule has 0 heterocycles. The Morgan fingerprint density at radius 2 is 1.81 bits per heavy atom. The van der Waals surface area contributed by atoms with E-state index in [9.17, 15) is 14.7 Å². The zero-order valence-corrected chi connectivity index (χ0v) is 22.4. The van der Waals surface area contributed by atoms with Gasteiger partial charge in [-0.1, -0.05) is 42.8 Å². The Bertz CT molecular complexity index is 1230. The molecule has 0 aliphatic rings. The van der Waals surface area contributed by atoms with Gasteiger partial charge < -0.3 is 20.9 Å². The molecule has 3 rings (SSSR count). The van der Waals surface area contributed by atoms with Crippen molar-refractivity contribution in [3.05, 3.63) is 93.6 Å². The summed E-state index contributed by atoms with van der Waals surface area (Å²) in [5, 5.41) is 16.0. The second-order valence-electron chi connectivity index (χ2n) is 8.55. The molecule has 0 unspecified atom stereocenters. The zero-order chi connectivity index (χ0) is 26.1. The van der Waals surface area contributed by atoms with E-state index in [2.05, 4.69) is 33.2 Å². The van der Waals surface area contributed by atoms with Crippen LogP contribution in [-0.2, 0) is 9.53 Å². The number of carbonyl (C=O) groups is 2. The molecular weight excluding hydrogens is 569 g/mol. The summed E-state index contributed by atoms with van der Waals surface area (Å²) in [6, 6.07) is 19.6. The number of nitrogens with one attached hydrogen (secondary N) is 2. The minimum absolute atomic E-state index is 0.0609. The first kappa shape index (κ1) is 27.1. The standard InChI is InChI=1S/C28H30IN3O4/c1-18-11-14-21(15-12-18)31-28(35)36-27(22-17-20(29)13-16-25(22)33)19(2)7-3-6-10-26(34)32-24-9-5-4-8-23(24)30/h4-6,8-17,19,27,33H,3,7,30H2,1-2H3,(H,31,35)(H,32,34)/b10-6+/t19-,27-/m1/s1. The third kappa shape index (κ3) is 8.01. The SMILES string of the molecule is Cc1ccc(NC(=O)O[C@@H](c2cc(I)ccc2O)[C@H](C)CC/C=C/C(=O)Nc2ccccc2N)cc1. The van der Waals surface area contributed by atoms with E-state index in [4.69, 9.17) is 10.5 Å². The summed E-state index contributed by atoms with van der Waals surface area (Å²) in [6.45, 7) is 3.91. The van der Waals surface area contributed by atoms with Crippen molar-refractivity contribution in [2.75, 3.05) is 16.4 Å². The van der Waals surface area contributed by atoms with Crippen LogP contribution < -0.4 is 16.4 Å². The van der Waals surface area contributed by atoms with Crippen LogP contribution in [0, 0.1) is 16.4 Å². The molecule has 36 heavy (non-hydrogen) atoms. The third-order valence-corrected chi connectivity index (χ3v) is 6.29. The van der Waals surface area contributed by atoms with E-state index in [0.717, 1.165) is 9.13 Å². The molecule has 8 heteroatoms. The fraction of sp³-hybridized carbons (Fsp3) is 0.214. The quantitative estimate of drug-likeness (QED) is 0.123. The van der Waals surface area contributed by atoms with Crippen LogP contribution in [-0.4, -0.2) is 17.1 Å². The van der Waals surface area contributed by atoms with Gasteiger partial charge >= 0.3 is 6.09 Å². The Labute approximate surface area is 224 Å². The van der Waals surface area contributed by atoms with Crippen molar-refractivity contribution in [2.45, 2.75) is 32.8 Å². The van der Waals surface area contributed by atoms with Crippen LogP contribution in [0.5, 0.6) is 5.75 Å². The van der Waals surface area contributed by atoms with E-state index in [1.807, 2.05) is 32.0 Å². The molecule has 2 atom stereocenters. The van der Waals surface area contributed by atoms with E-state index in [1.54, 1.807) is 54.6 Å². The van der Waals surface area contributed by atoms with Gasteiger partial charge in [0.2, 0.25) is 5.91 Å². The highest BCUT2D eigenvalue weighted by Crippen LogP contribution is 2.36. The average Bonchev–Trinajstić information content (AvgIpc) is 2.85. The van der Waals surface area contributed by atoms with E-state index >= 15 is 0 Å². The summed E-state index contributed by atoms with van der Waals surface area (Å²) >= 11 is 2.16. The van der Waals surface area contributed by atoms with E-state index < -0.39 is 12.2 Å². The Hall–Kier alpha value is -3.53. The normalized spacial score (nSPS) is 12.6. The average molecular weight is 599 g/mol. The lowest BCUT2D eigenvalue weighted by Gasteiger charge is -2.25. The van der Waals surface area contributed by atoms with E-state index in [0.29, 0.717) is 35.5 Å². The summed E-state index contributed by atoms with van der Waals surface area (Å²) < 4.78 is 6.72. The van der Waals surface area contributed by atoms with Crippen molar-refractivity contribution in [1.82, 2.24) is 0 Å². The summed E-state index contributed by atoms with van der Waals surface area (Å²) in [7, 11) is 0. The highest BCUT2D eigenvalue weighted by molar-refractivity contribution is 14.1. The number of halogens is 1. The number of nitrogens with two attached hydrogens (primary N) is 1. The van der Waals surface area contributed by atoms with Crippen LogP contribution in [0.25, 0.3) is 0 Å². The van der Waals surface area contributed by atoms with E-state index in [-0.39, 0.29) is 17.6 Å². The van der Waals surface area contributed by atoms with Crippen LogP contribution in [0.3, 0.4) is 0 Å². The highest BCUT2D eigenvalue weighted by Gasteiger charge is 2.26. The molecule has 0 spiro atoms. The number of ether oxygens (including phenoxy) is 1. The second-order valence-corrected chi connectivity index (χ2v) is 9.80. The van der Waals surface area contributed by atoms with Crippen molar-refractivity contribution >= 4 is 51.7 Å². The molecule has 0 aliphatic heterocycles. The van der Waals surface area contributed by atoms with Gasteiger partial charge in [-0.05, 0) is 96.8 Å². The number of benzene rings is 3. The number of carbonyl (C=O) groups excluding carboxylic acids is 2. The molecular formula is C28H30IN3O4. The van der Waals surface area contributed by atoms with Gasteiger partial charge in [-0.3, -0.25) is 10.1 Å². The van der Waals surface area contributed by atoms with Crippen LogP contribution in [0.4, 0.5) is 21.9 Å².